The van der Waals surface area contributed by atoms with Crippen LogP contribution in [0.3, 0.4) is 0 Å². The summed E-state index contributed by atoms with van der Waals surface area (Å²) in [5.41, 5.74) is 0.980. The van der Waals surface area contributed by atoms with Crippen molar-refractivity contribution < 1.29 is 9.53 Å². The van der Waals surface area contributed by atoms with Gasteiger partial charge in [0, 0.05) is 18.3 Å². The number of aromatic nitrogens is 5. The molecule has 26 heavy (non-hydrogen) atoms. The number of carbonyl (C=O) groups is 1. The van der Waals surface area contributed by atoms with E-state index in [9.17, 15) is 4.79 Å². The Kier molecular flexibility index (Phi) is 4.87. The van der Waals surface area contributed by atoms with Gasteiger partial charge in [0.2, 0.25) is 0 Å². The summed E-state index contributed by atoms with van der Waals surface area (Å²) in [5.74, 6) is 1.26. The van der Waals surface area contributed by atoms with E-state index in [-0.39, 0.29) is 12.1 Å². The fraction of sp³-hybridized carbons (Fsp3) is 0.647. The minimum absolute atomic E-state index is 0.188. The van der Waals surface area contributed by atoms with Crippen LogP contribution >= 0.6 is 0 Å². The van der Waals surface area contributed by atoms with Gasteiger partial charge in [0.15, 0.2) is 5.82 Å². The molecule has 0 spiro atoms. The molecule has 1 unspecified atom stereocenters. The third kappa shape index (κ3) is 3.44. The molecule has 1 aliphatic carbocycles. The molecule has 2 aromatic rings. The van der Waals surface area contributed by atoms with Gasteiger partial charge in [0.25, 0.3) is 0 Å². The number of rotatable bonds is 3. The molecule has 2 amide bonds. The van der Waals surface area contributed by atoms with Gasteiger partial charge in [-0.1, -0.05) is 19.3 Å². The predicted molar refractivity (Wildman–Crippen MR) is 94.8 cm³/mol. The number of H-pyrrole nitrogens is 1. The lowest BCUT2D eigenvalue weighted by Crippen LogP contribution is -2.46. The first-order chi connectivity index (χ1) is 12.7. The molecule has 2 aromatic heterocycles. The van der Waals surface area contributed by atoms with Gasteiger partial charge in [0.05, 0.1) is 19.3 Å². The van der Waals surface area contributed by atoms with E-state index in [1.165, 1.54) is 25.6 Å². The Labute approximate surface area is 152 Å². The zero-order valence-electron chi connectivity index (χ0n) is 15.0. The van der Waals surface area contributed by atoms with Gasteiger partial charge in [-0.3, -0.25) is 15.1 Å². The van der Waals surface area contributed by atoms with E-state index in [1.54, 1.807) is 4.90 Å². The molecule has 4 rings (SSSR count). The average molecular weight is 359 g/mol. The van der Waals surface area contributed by atoms with Crippen molar-refractivity contribution in [3.05, 3.63) is 23.9 Å². The maximum absolute atomic E-state index is 12.9. The highest BCUT2D eigenvalue weighted by Crippen LogP contribution is 2.29. The first-order valence-corrected chi connectivity index (χ1v) is 9.29. The second kappa shape index (κ2) is 7.45. The first kappa shape index (κ1) is 17.0. The molecule has 1 aliphatic heterocycles. The standard InChI is InChI=1S/C17H25N7O2/c1-12-9-24(13-5-3-2-4-6-13)22-15(12)20-17(25)23-7-8-26-10-14(23)16-18-11-19-21-16/h9,11,13-14H,2-8,10H2,1H3,(H,18,19,21)(H,20,22,25). The van der Waals surface area contributed by atoms with Gasteiger partial charge in [0.1, 0.15) is 18.2 Å². The van der Waals surface area contributed by atoms with Crippen LogP contribution in [0, 0.1) is 6.92 Å². The smallest absolute Gasteiger partial charge is 0.323 e. The molecule has 0 radical (unpaired) electrons. The molecule has 2 N–H and O–H groups in total. The molecule has 1 atom stereocenters. The Hall–Kier alpha value is -2.42. The highest BCUT2D eigenvalue weighted by molar-refractivity contribution is 5.89. The minimum atomic E-state index is -0.271. The number of carbonyl (C=O) groups excluding carboxylic acids is 1. The summed E-state index contributed by atoms with van der Waals surface area (Å²) in [6.07, 6.45) is 9.60. The second-order valence-corrected chi connectivity index (χ2v) is 7.02. The number of ether oxygens (including phenoxy) is 1. The number of aromatic amines is 1. The topological polar surface area (TPSA) is 101 Å². The van der Waals surface area contributed by atoms with Crippen LogP contribution in [0.2, 0.25) is 0 Å². The number of hydrogen-bond donors (Lipinski definition) is 2. The van der Waals surface area contributed by atoms with Crippen molar-refractivity contribution in [3.63, 3.8) is 0 Å². The Morgan fingerprint density at radius 3 is 2.96 bits per heavy atom. The highest BCUT2D eigenvalue weighted by atomic mass is 16.5. The molecule has 2 fully saturated rings. The number of hydrogen-bond acceptors (Lipinski definition) is 5. The lowest BCUT2D eigenvalue weighted by atomic mass is 9.96. The fourth-order valence-electron chi connectivity index (χ4n) is 3.76. The van der Waals surface area contributed by atoms with Crippen molar-refractivity contribution in [2.24, 2.45) is 0 Å². The fourth-order valence-corrected chi connectivity index (χ4v) is 3.76. The van der Waals surface area contributed by atoms with Crippen molar-refractivity contribution in [2.45, 2.75) is 51.1 Å². The number of amides is 2. The summed E-state index contributed by atoms with van der Waals surface area (Å²) < 4.78 is 7.54. The van der Waals surface area contributed by atoms with E-state index in [0.29, 0.717) is 37.4 Å². The summed E-state index contributed by atoms with van der Waals surface area (Å²) in [6.45, 7) is 3.39. The maximum Gasteiger partial charge on any atom is 0.323 e. The molecule has 9 nitrogen and oxygen atoms in total. The van der Waals surface area contributed by atoms with Crippen molar-refractivity contribution in [1.82, 2.24) is 29.9 Å². The Bertz CT molecular complexity index is 736. The van der Waals surface area contributed by atoms with Gasteiger partial charge in [-0.05, 0) is 19.8 Å². The lowest BCUT2D eigenvalue weighted by Gasteiger charge is -2.33. The zero-order valence-corrected chi connectivity index (χ0v) is 15.0. The molecule has 9 heteroatoms. The lowest BCUT2D eigenvalue weighted by molar-refractivity contribution is 0.0118. The van der Waals surface area contributed by atoms with Gasteiger partial charge in [-0.15, -0.1) is 0 Å². The number of nitrogens with zero attached hydrogens (tertiary/aromatic N) is 5. The molecule has 0 bridgehead atoms. The summed E-state index contributed by atoms with van der Waals surface area (Å²) in [7, 11) is 0. The number of aryl methyl sites for hydroxylation is 1. The summed E-state index contributed by atoms with van der Waals surface area (Å²) in [5, 5.41) is 14.3. The monoisotopic (exact) mass is 359 g/mol. The molecule has 0 aromatic carbocycles. The predicted octanol–water partition coefficient (Wildman–Crippen LogP) is 2.42. The van der Waals surface area contributed by atoms with Gasteiger partial charge < -0.3 is 9.64 Å². The molecule has 140 valence electrons. The molecular weight excluding hydrogens is 334 g/mol. The van der Waals surface area contributed by atoms with Crippen LogP contribution in [0.15, 0.2) is 12.5 Å². The average Bonchev–Trinajstić information content (AvgIpc) is 3.33. The molecule has 2 aliphatic rings. The SMILES string of the molecule is Cc1cn(C2CCCCC2)nc1NC(=O)N1CCOCC1c1ncn[nH]1. The number of morpholine rings is 1. The molecule has 1 saturated carbocycles. The van der Waals surface area contributed by atoms with Crippen LogP contribution in [0.25, 0.3) is 0 Å². The summed E-state index contributed by atoms with van der Waals surface area (Å²) in [4.78, 5) is 18.8. The van der Waals surface area contributed by atoms with Crippen molar-refractivity contribution in [3.8, 4) is 0 Å². The van der Waals surface area contributed by atoms with Crippen LogP contribution in [-0.2, 0) is 4.74 Å². The van der Waals surface area contributed by atoms with E-state index >= 15 is 0 Å². The van der Waals surface area contributed by atoms with Crippen LogP contribution in [0.1, 0.15) is 55.6 Å². The number of nitrogens with one attached hydrogen (secondary N) is 2. The van der Waals surface area contributed by atoms with Crippen molar-refractivity contribution in [1.29, 1.82) is 0 Å². The number of anilines is 1. The van der Waals surface area contributed by atoms with Gasteiger partial charge in [-0.2, -0.15) is 10.2 Å². The molecule has 3 heterocycles. The summed E-state index contributed by atoms with van der Waals surface area (Å²) >= 11 is 0. The molecular formula is C17H25N7O2. The van der Waals surface area contributed by atoms with E-state index in [4.69, 9.17) is 4.74 Å². The Balaban J connectivity index is 1.47. The van der Waals surface area contributed by atoms with E-state index in [0.717, 1.165) is 18.4 Å². The Morgan fingerprint density at radius 1 is 1.35 bits per heavy atom. The second-order valence-electron chi connectivity index (χ2n) is 7.02. The third-order valence-electron chi connectivity index (χ3n) is 5.23. The van der Waals surface area contributed by atoms with Crippen molar-refractivity contribution >= 4 is 11.8 Å². The number of urea groups is 1. The third-order valence-corrected chi connectivity index (χ3v) is 5.23. The van der Waals surface area contributed by atoms with Crippen molar-refractivity contribution in [2.75, 3.05) is 25.1 Å². The van der Waals surface area contributed by atoms with Crippen LogP contribution in [0.5, 0.6) is 0 Å². The first-order valence-electron chi connectivity index (χ1n) is 9.29. The Morgan fingerprint density at radius 2 is 2.19 bits per heavy atom. The molecule has 1 saturated heterocycles. The van der Waals surface area contributed by atoms with Crippen LogP contribution < -0.4 is 5.32 Å². The quantitative estimate of drug-likeness (QED) is 0.876. The minimum Gasteiger partial charge on any atom is -0.377 e. The van der Waals surface area contributed by atoms with E-state index < -0.39 is 0 Å². The van der Waals surface area contributed by atoms with E-state index in [2.05, 4.69) is 25.6 Å². The largest absolute Gasteiger partial charge is 0.377 e. The highest BCUT2D eigenvalue weighted by Gasteiger charge is 2.31. The summed E-state index contributed by atoms with van der Waals surface area (Å²) in [6, 6.07) is -0.0166. The van der Waals surface area contributed by atoms with Crippen LogP contribution in [-0.4, -0.2) is 55.7 Å². The van der Waals surface area contributed by atoms with Gasteiger partial charge in [-0.25, -0.2) is 9.78 Å². The maximum atomic E-state index is 12.9. The zero-order chi connectivity index (χ0) is 17.9. The van der Waals surface area contributed by atoms with Crippen LogP contribution in [0.4, 0.5) is 10.6 Å². The normalized spacial score (nSPS) is 21.7. The van der Waals surface area contributed by atoms with Gasteiger partial charge >= 0.3 is 6.03 Å². The van der Waals surface area contributed by atoms with E-state index in [1.807, 2.05) is 17.8 Å².